The summed E-state index contributed by atoms with van der Waals surface area (Å²) in [6.07, 6.45) is 21.8. The zero-order valence-electron chi connectivity index (χ0n) is 15.9. The summed E-state index contributed by atoms with van der Waals surface area (Å²) < 4.78 is 0. The average molecular weight is 324 g/mol. The monoisotopic (exact) mass is 323 g/mol. The van der Waals surface area contributed by atoms with Crippen LogP contribution < -0.4 is 5.32 Å². The van der Waals surface area contributed by atoms with Crippen LogP contribution in [-0.4, -0.2) is 5.91 Å². The van der Waals surface area contributed by atoms with Gasteiger partial charge in [0.15, 0.2) is 0 Å². The number of carbonyl (C=O) groups excluding carboxylic acids is 1. The van der Waals surface area contributed by atoms with Crippen molar-refractivity contribution in [1.82, 2.24) is 5.32 Å². The lowest BCUT2D eigenvalue weighted by molar-refractivity contribution is -0.123. The third-order valence-electron chi connectivity index (χ3n) is 4.68. The minimum absolute atomic E-state index is 0.106. The Morgan fingerprint density at radius 3 is 1.61 bits per heavy atom. The predicted octanol–water partition coefficient (Wildman–Crippen LogP) is 6.75. The molecule has 0 saturated carbocycles. The van der Waals surface area contributed by atoms with Gasteiger partial charge in [-0.25, -0.2) is 0 Å². The molecular weight excluding hydrogens is 282 g/mol. The minimum atomic E-state index is 0.106. The lowest BCUT2D eigenvalue weighted by Gasteiger charge is -2.09. The van der Waals surface area contributed by atoms with Crippen molar-refractivity contribution in [1.29, 1.82) is 0 Å². The van der Waals surface area contributed by atoms with Crippen LogP contribution in [0.1, 0.15) is 110 Å². The van der Waals surface area contributed by atoms with Gasteiger partial charge < -0.3 is 5.32 Å². The summed E-state index contributed by atoms with van der Waals surface area (Å²) in [4.78, 5) is 11.5. The summed E-state index contributed by atoms with van der Waals surface area (Å²) in [7, 11) is 0. The van der Waals surface area contributed by atoms with Gasteiger partial charge in [-0.2, -0.15) is 0 Å². The second kappa shape index (κ2) is 17.6. The lowest BCUT2D eigenvalue weighted by Crippen LogP contribution is -2.24. The minimum Gasteiger partial charge on any atom is -0.333 e. The van der Waals surface area contributed by atoms with Crippen LogP contribution in [0.25, 0.3) is 0 Å². The lowest BCUT2D eigenvalue weighted by atomic mass is 10.0. The molecule has 0 aliphatic carbocycles. The molecule has 0 heterocycles. The van der Waals surface area contributed by atoms with E-state index in [0.717, 1.165) is 6.42 Å². The van der Waals surface area contributed by atoms with Gasteiger partial charge in [0, 0.05) is 5.92 Å². The van der Waals surface area contributed by atoms with Crippen LogP contribution in [0.5, 0.6) is 0 Å². The highest BCUT2D eigenvalue weighted by Crippen LogP contribution is 2.14. The number of rotatable bonds is 17. The topological polar surface area (TPSA) is 29.1 Å². The number of hydrogen-bond acceptors (Lipinski definition) is 1. The molecule has 0 aromatic heterocycles. The fraction of sp³-hybridized carbons (Fsp3) is 0.857. The third kappa shape index (κ3) is 15.9. The Balaban J connectivity index is 3.16. The Hall–Kier alpha value is -0.790. The van der Waals surface area contributed by atoms with Gasteiger partial charge in [-0.1, -0.05) is 110 Å². The van der Waals surface area contributed by atoms with Gasteiger partial charge in [0.1, 0.15) is 0 Å². The van der Waals surface area contributed by atoms with Crippen LogP contribution >= 0.6 is 0 Å². The Bertz CT molecular complexity index is 275. The van der Waals surface area contributed by atoms with Crippen LogP contribution in [0.15, 0.2) is 12.8 Å². The van der Waals surface area contributed by atoms with Gasteiger partial charge in [-0.3, -0.25) is 4.79 Å². The van der Waals surface area contributed by atoms with Gasteiger partial charge in [-0.15, -0.1) is 0 Å². The van der Waals surface area contributed by atoms with Crippen molar-refractivity contribution in [3.8, 4) is 0 Å². The quantitative estimate of drug-likeness (QED) is 0.295. The molecular formula is C21H41NO. The summed E-state index contributed by atoms with van der Waals surface area (Å²) >= 11 is 0. The van der Waals surface area contributed by atoms with Crippen molar-refractivity contribution in [2.75, 3.05) is 0 Å². The molecule has 1 N–H and O–H groups in total. The summed E-state index contributed by atoms with van der Waals surface area (Å²) in [5, 5.41) is 2.67. The van der Waals surface area contributed by atoms with Gasteiger partial charge >= 0.3 is 0 Å². The number of hydrogen-bond donors (Lipinski definition) is 1. The van der Waals surface area contributed by atoms with Gasteiger partial charge in [0.25, 0.3) is 0 Å². The number of nitrogens with one attached hydrogen (secondary N) is 1. The van der Waals surface area contributed by atoms with Crippen LogP contribution in [-0.2, 0) is 4.79 Å². The largest absolute Gasteiger partial charge is 0.333 e. The molecule has 0 bridgehead atoms. The number of unbranched alkanes of at least 4 members (excludes halogenated alkanes) is 13. The second-order valence-electron chi connectivity index (χ2n) is 7.00. The maximum absolute atomic E-state index is 11.5. The maximum Gasteiger partial charge on any atom is 0.226 e. The highest BCUT2D eigenvalue weighted by atomic mass is 16.1. The summed E-state index contributed by atoms with van der Waals surface area (Å²) in [6, 6.07) is 0. The van der Waals surface area contributed by atoms with Crippen molar-refractivity contribution < 1.29 is 4.79 Å². The molecule has 2 nitrogen and oxygen atoms in total. The normalized spacial score (nSPS) is 12.1. The highest BCUT2D eigenvalue weighted by molar-refractivity contribution is 5.79. The molecule has 0 fully saturated rings. The van der Waals surface area contributed by atoms with Gasteiger partial charge in [0.2, 0.25) is 5.91 Å². The van der Waals surface area contributed by atoms with E-state index >= 15 is 0 Å². The van der Waals surface area contributed by atoms with Crippen molar-refractivity contribution in [2.45, 2.75) is 110 Å². The fourth-order valence-electron chi connectivity index (χ4n) is 3.02. The van der Waals surface area contributed by atoms with E-state index in [1.54, 1.807) is 0 Å². The number of carbonyl (C=O) groups is 1. The molecule has 0 saturated heterocycles. The van der Waals surface area contributed by atoms with Crippen LogP contribution in [0.4, 0.5) is 0 Å². The molecule has 23 heavy (non-hydrogen) atoms. The standard InChI is InChI=1S/C21H41NO/c1-4-6-7-8-9-10-11-12-13-14-15-16-17-18-19-20(3)21(23)22-5-2/h5,20H,2,4,6-19H2,1,3H3,(H,22,23). The highest BCUT2D eigenvalue weighted by Gasteiger charge is 2.10. The molecule has 0 aliphatic heterocycles. The molecule has 1 atom stereocenters. The predicted molar refractivity (Wildman–Crippen MR) is 102 cm³/mol. The zero-order valence-corrected chi connectivity index (χ0v) is 15.9. The molecule has 0 spiro atoms. The smallest absolute Gasteiger partial charge is 0.226 e. The first kappa shape index (κ1) is 22.2. The SMILES string of the molecule is C=CNC(=O)C(C)CCCCCCCCCCCCCCCC. The first-order chi connectivity index (χ1) is 11.2. The van der Waals surface area contributed by atoms with E-state index < -0.39 is 0 Å². The summed E-state index contributed by atoms with van der Waals surface area (Å²) in [5.41, 5.74) is 0. The van der Waals surface area contributed by atoms with Gasteiger partial charge in [0.05, 0.1) is 0 Å². The molecule has 1 unspecified atom stereocenters. The first-order valence-corrected chi connectivity index (χ1v) is 10.1. The Morgan fingerprint density at radius 1 is 0.826 bits per heavy atom. The molecule has 0 aliphatic rings. The fourth-order valence-corrected chi connectivity index (χ4v) is 3.02. The Morgan fingerprint density at radius 2 is 1.22 bits per heavy atom. The first-order valence-electron chi connectivity index (χ1n) is 10.1. The molecule has 0 aromatic rings. The maximum atomic E-state index is 11.5. The van der Waals surface area contributed by atoms with E-state index in [2.05, 4.69) is 18.8 Å². The van der Waals surface area contributed by atoms with E-state index in [1.807, 2.05) is 6.92 Å². The van der Waals surface area contributed by atoms with E-state index in [0.29, 0.717) is 0 Å². The molecule has 0 aromatic carbocycles. The van der Waals surface area contributed by atoms with Crippen molar-refractivity contribution in [3.05, 3.63) is 12.8 Å². The van der Waals surface area contributed by atoms with Crippen LogP contribution in [0.2, 0.25) is 0 Å². The van der Waals surface area contributed by atoms with E-state index in [9.17, 15) is 4.79 Å². The number of amides is 1. The molecule has 0 radical (unpaired) electrons. The second-order valence-corrected chi connectivity index (χ2v) is 7.00. The van der Waals surface area contributed by atoms with Crippen molar-refractivity contribution in [2.24, 2.45) is 5.92 Å². The van der Waals surface area contributed by atoms with Gasteiger partial charge in [-0.05, 0) is 12.6 Å². The Labute approximate surface area is 145 Å². The van der Waals surface area contributed by atoms with Crippen LogP contribution in [0.3, 0.4) is 0 Å². The Kier molecular flexibility index (Phi) is 17.0. The molecule has 2 heteroatoms. The summed E-state index contributed by atoms with van der Waals surface area (Å²) in [5.74, 6) is 0.222. The third-order valence-corrected chi connectivity index (χ3v) is 4.68. The molecule has 0 rings (SSSR count). The van der Waals surface area contributed by atoms with Crippen molar-refractivity contribution in [3.63, 3.8) is 0 Å². The molecule has 136 valence electrons. The van der Waals surface area contributed by atoms with E-state index in [1.165, 1.54) is 96.1 Å². The molecule has 1 amide bonds. The van der Waals surface area contributed by atoms with E-state index in [-0.39, 0.29) is 11.8 Å². The van der Waals surface area contributed by atoms with Crippen molar-refractivity contribution >= 4 is 5.91 Å². The zero-order chi connectivity index (χ0) is 17.2. The summed E-state index contributed by atoms with van der Waals surface area (Å²) in [6.45, 7) is 7.80. The van der Waals surface area contributed by atoms with E-state index in [4.69, 9.17) is 0 Å². The van der Waals surface area contributed by atoms with Crippen LogP contribution in [0, 0.1) is 5.92 Å². The average Bonchev–Trinajstić information content (AvgIpc) is 2.55.